The van der Waals surface area contributed by atoms with Crippen molar-refractivity contribution in [3.63, 3.8) is 0 Å². The molecule has 0 fully saturated rings. The second kappa shape index (κ2) is 3.97. The molecule has 0 spiro atoms. The molecule has 1 rings (SSSR count). The van der Waals surface area contributed by atoms with Crippen molar-refractivity contribution in [1.29, 1.82) is 0 Å². The minimum atomic E-state index is -1.23. The molecular weight excluding hydrogens is 193 g/mol. The fourth-order valence-electron chi connectivity index (χ4n) is 0.990. The molecule has 0 bridgehead atoms. The molecule has 0 aliphatic heterocycles. The molecule has 14 heavy (non-hydrogen) atoms. The maximum absolute atomic E-state index is 12.9. The van der Waals surface area contributed by atoms with Gasteiger partial charge in [-0.3, -0.25) is 4.79 Å². The van der Waals surface area contributed by atoms with Gasteiger partial charge in [-0.15, -0.1) is 6.42 Å². The molecule has 0 N–H and O–H groups in total. The van der Waals surface area contributed by atoms with E-state index in [0.717, 1.165) is 0 Å². The van der Waals surface area contributed by atoms with Gasteiger partial charge in [-0.2, -0.15) is 0 Å². The SMILES string of the molecule is C#CCC(=O)c1c(F)cc(F)cc1F. The normalized spacial score (nSPS) is 9.57. The van der Waals surface area contributed by atoms with Gasteiger partial charge in [0.2, 0.25) is 0 Å². The van der Waals surface area contributed by atoms with Crippen LogP contribution in [0.3, 0.4) is 0 Å². The van der Waals surface area contributed by atoms with Gasteiger partial charge in [0.1, 0.15) is 17.5 Å². The van der Waals surface area contributed by atoms with Gasteiger partial charge in [-0.05, 0) is 0 Å². The van der Waals surface area contributed by atoms with Crippen LogP contribution >= 0.6 is 0 Å². The Kier molecular flexibility index (Phi) is 2.92. The lowest BCUT2D eigenvalue weighted by Gasteiger charge is -2.01. The first kappa shape index (κ1) is 10.3. The van der Waals surface area contributed by atoms with Gasteiger partial charge >= 0.3 is 0 Å². The van der Waals surface area contributed by atoms with E-state index in [1.807, 2.05) is 5.92 Å². The first-order valence-corrected chi connectivity index (χ1v) is 3.67. The Bertz CT molecular complexity index is 395. The Morgan fingerprint density at radius 1 is 1.29 bits per heavy atom. The molecule has 0 amide bonds. The molecule has 0 saturated carbocycles. The summed E-state index contributed by atoms with van der Waals surface area (Å²) in [7, 11) is 0. The Morgan fingerprint density at radius 3 is 2.21 bits per heavy atom. The van der Waals surface area contributed by atoms with Gasteiger partial charge in [-0.1, -0.05) is 5.92 Å². The van der Waals surface area contributed by atoms with E-state index in [1.54, 1.807) is 0 Å². The maximum atomic E-state index is 12.9. The number of ketones is 1. The lowest BCUT2D eigenvalue weighted by Crippen LogP contribution is -2.05. The van der Waals surface area contributed by atoms with Crippen molar-refractivity contribution in [2.75, 3.05) is 0 Å². The van der Waals surface area contributed by atoms with E-state index < -0.39 is 35.2 Å². The van der Waals surface area contributed by atoms with Crippen molar-refractivity contribution in [3.05, 3.63) is 35.1 Å². The van der Waals surface area contributed by atoms with Crippen LogP contribution < -0.4 is 0 Å². The van der Waals surface area contributed by atoms with Crippen LogP contribution in [-0.2, 0) is 0 Å². The first-order chi connectivity index (χ1) is 6.56. The number of halogens is 3. The summed E-state index contributed by atoms with van der Waals surface area (Å²) in [6.45, 7) is 0. The van der Waals surface area contributed by atoms with Gasteiger partial charge in [0.25, 0.3) is 0 Å². The maximum Gasteiger partial charge on any atom is 0.180 e. The van der Waals surface area contributed by atoms with Crippen LogP contribution in [0.4, 0.5) is 13.2 Å². The zero-order valence-corrected chi connectivity index (χ0v) is 6.98. The lowest BCUT2D eigenvalue weighted by atomic mass is 10.1. The molecule has 0 atom stereocenters. The largest absolute Gasteiger partial charge is 0.293 e. The van der Waals surface area contributed by atoms with Crippen LogP contribution in [0, 0.1) is 29.8 Å². The first-order valence-electron chi connectivity index (χ1n) is 3.67. The highest BCUT2D eigenvalue weighted by atomic mass is 19.1. The average Bonchev–Trinajstić information content (AvgIpc) is 2.01. The highest BCUT2D eigenvalue weighted by molar-refractivity contribution is 5.98. The van der Waals surface area contributed by atoms with E-state index in [4.69, 9.17) is 6.42 Å². The van der Waals surface area contributed by atoms with E-state index >= 15 is 0 Å². The standard InChI is InChI=1S/C10H5F3O/c1-2-3-9(14)10-7(12)4-6(11)5-8(10)13/h1,4-5H,3H2. The van der Waals surface area contributed by atoms with Crippen molar-refractivity contribution >= 4 is 5.78 Å². The van der Waals surface area contributed by atoms with Crippen molar-refractivity contribution in [1.82, 2.24) is 0 Å². The van der Waals surface area contributed by atoms with Crippen LogP contribution in [0.5, 0.6) is 0 Å². The zero-order valence-electron chi connectivity index (χ0n) is 6.98. The summed E-state index contributed by atoms with van der Waals surface area (Å²) in [5.74, 6) is -2.45. The molecule has 1 nitrogen and oxygen atoms in total. The minimum Gasteiger partial charge on any atom is -0.293 e. The summed E-state index contributed by atoms with van der Waals surface area (Å²) in [6, 6.07) is 0.875. The fraction of sp³-hybridized carbons (Fsp3) is 0.100. The topological polar surface area (TPSA) is 17.1 Å². The molecular formula is C10H5F3O. The lowest BCUT2D eigenvalue weighted by molar-refractivity contribution is 0.0990. The van der Waals surface area contributed by atoms with Gasteiger partial charge in [0, 0.05) is 12.1 Å². The average molecular weight is 198 g/mol. The highest BCUT2D eigenvalue weighted by Crippen LogP contribution is 2.16. The predicted octanol–water partition coefficient (Wildman–Crippen LogP) is 2.31. The molecule has 0 unspecified atom stereocenters. The number of Topliss-reactive ketones (excluding diaryl/α,β-unsaturated/α-hetero) is 1. The third kappa shape index (κ3) is 1.94. The molecule has 0 radical (unpaired) electrons. The molecule has 72 valence electrons. The van der Waals surface area contributed by atoms with E-state index in [9.17, 15) is 18.0 Å². The van der Waals surface area contributed by atoms with Crippen LogP contribution in [0.1, 0.15) is 16.8 Å². The van der Waals surface area contributed by atoms with E-state index in [1.165, 1.54) is 0 Å². The smallest absolute Gasteiger partial charge is 0.180 e. The van der Waals surface area contributed by atoms with Crippen LogP contribution in [-0.4, -0.2) is 5.78 Å². The van der Waals surface area contributed by atoms with Crippen molar-refractivity contribution in [2.24, 2.45) is 0 Å². The van der Waals surface area contributed by atoms with E-state index in [0.29, 0.717) is 12.1 Å². The highest BCUT2D eigenvalue weighted by Gasteiger charge is 2.17. The van der Waals surface area contributed by atoms with Gasteiger partial charge in [-0.25, -0.2) is 13.2 Å². The Labute approximate surface area is 78.5 Å². The molecule has 0 aromatic heterocycles. The summed E-state index contributed by atoms with van der Waals surface area (Å²) in [6.07, 6.45) is 4.39. The molecule has 1 aromatic rings. The predicted molar refractivity (Wildman–Crippen MR) is 44.1 cm³/mol. The number of hydrogen-bond acceptors (Lipinski definition) is 1. The second-order valence-corrected chi connectivity index (χ2v) is 2.55. The number of benzene rings is 1. The minimum absolute atomic E-state index is 0.417. The number of hydrogen-bond donors (Lipinski definition) is 0. The Balaban J connectivity index is 3.22. The summed E-state index contributed by atoms with van der Waals surface area (Å²) in [5.41, 5.74) is -0.788. The van der Waals surface area contributed by atoms with Crippen LogP contribution in [0.2, 0.25) is 0 Å². The number of carbonyl (C=O) groups is 1. The van der Waals surface area contributed by atoms with E-state index in [-0.39, 0.29) is 0 Å². The third-order valence-corrected chi connectivity index (χ3v) is 1.55. The number of terminal acetylenes is 1. The Morgan fingerprint density at radius 2 is 1.79 bits per heavy atom. The number of rotatable bonds is 2. The quantitative estimate of drug-likeness (QED) is 0.526. The van der Waals surface area contributed by atoms with Crippen molar-refractivity contribution in [2.45, 2.75) is 6.42 Å². The third-order valence-electron chi connectivity index (χ3n) is 1.55. The summed E-state index contributed by atoms with van der Waals surface area (Å²) in [5, 5.41) is 0. The number of carbonyl (C=O) groups excluding carboxylic acids is 1. The summed E-state index contributed by atoms with van der Waals surface area (Å²) < 4.78 is 38.3. The van der Waals surface area contributed by atoms with Crippen LogP contribution in [0.25, 0.3) is 0 Å². The van der Waals surface area contributed by atoms with Crippen LogP contribution in [0.15, 0.2) is 12.1 Å². The molecule has 0 aliphatic rings. The molecule has 0 heterocycles. The van der Waals surface area contributed by atoms with Crippen molar-refractivity contribution < 1.29 is 18.0 Å². The molecule has 4 heteroatoms. The fourth-order valence-corrected chi connectivity index (χ4v) is 0.990. The molecule has 0 saturated heterocycles. The van der Waals surface area contributed by atoms with Gasteiger partial charge < -0.3 is 0 Å². The van der Waals surface area contributed by atoms with E-state index in [2.05, 4.69) is 0 Å². The summed E-state index contributed by atoms with van der Waals surface area (Å²) in [4.78, 5) is 11.1. The van der Waals surface area contributed by atoms with Gasteiger partial charge in [0.15, 0.2) is 5.78 Å². The van der Waals surface area contributed by atoms with Gasteiger partial charge in [0.05, 0.1) is 12.0 Å². The Hall–Kier alpha value is -1.76. The monoisotopic (exact) mass is 198 g/mol. The molecule has 0 aliphatic carbocycles. The van der Waals surface area contributed by atoms with Crippen molar-refractivity contribution in [3.8, 4) is 12.3 Å². The summed E-state index contributed by atoms with van der Waals surface area (Å²) >= 11 is 0. The molecule has 1 aromatic carbocycles. The zero-order chi connectivity index (χ0) is 10.7. The second-order valence-electron chi connectivity index (χ2n) is 2.55.